The molecule has 1 fully saturated rings. The Balaban J connectivity index is 1.38. The number of benzene rings is 3. The van der Waals surface area contributed by atoms with E-state index in [9.17, 15) is 9.59 Å². The number of anilines is 1. The van der Waals surface area contributed by atoms with Crippen LogP contribution in [0.4, 0.5) is 5.69 Å². The molecule has 4 rings (SSSR count). The van der Waals surface area contributed by atoms with Crippen molar-refractivity contribution in [2.45, 2.75) is 38.8 Å². The molecule has 33 heavy (non-hydrogen) atoms. The van der Waals surface area contributed by atoms with Crippen LogP contribution in [-0.4, -0.2) is 30.9 Å². The summed E-state index contributed by atoms with van der Waals surface area (Å²) in [6.07, 6.45) is 1.68. The van der Waals surface area contributed by atoms with Gasteiger partial charge in [0.15, 0.2) is 0 Å². The molecule has 1 saturated heterocycles. The van der Waals surface area contributed by atoms with Crippen molar-refractivity contribution in [3.05, 3.63) is 101 Å². The molecule has 2 amide bonds. The smallest absolute Gasteiger partial charge is 0.253 e. The SMILES string of the molecule is Cc1cccc(C(=O)NC2CCN(c3ccccc3C(=O)N[C@@H](C)c3ccccc3)CC2)c1. The summed E-state index contributed by atoms with van der Waals surface area (Å²) < 4.78 is 0. The second-order valence-electron chi connectivity index (χ2n) is 8.73. The van der Waals surface area contributed by atoms with Crippen LogP contribution >= 0.6 is 0 Å². The van der Waals surface area contributed by atoms with E-state index >= 15 is 0 Å². The summed E-state index contributed by atoms with van der Waals surface area (Å²) in [5.41, 5.74) is 4.48. The lowest BCUT2D eigenvalue weighted by molar-refractivity contribution is 0.0928. The average Bonchev–Trinajstić information content (AvgIpc) is 2.85. The van der Waals surface area contributed by atoms with Gasteiger partial charge in [-0.1, -0.05) is 60.2 Å². The van der Waals surface area contributed by atoms with Crippen molar-refractivity contribution in [3.8, 4) is 0 Å². The number of carbonyl (C=O) groups is 2. The standard InChI is InChI=1S/C28H31N3O2/c1-20-9-8-12-23(19-20)27(32)30-24-15-17-31(18-16-24)26-14-7-6-13-25(26)28(33)29-21(2)22-10-4-3-5-11-22/h3-14,19,21,24H,15-18H2,1-2H3,(H,29,33)(H,30,32)/t21-/m0/s1. The summed E-state index contributed by atoms with van der Waals surface area (Å²) in [5.74, 6) is -0.0938. The maximum Gasteiger partial charge on any atom is 0.253 e. The van der Waals surface area contributed by atoms with Crippen LogP contribution < -0.4 is 15.5 Å². The van der Waals surface area contributed by atoms with E-state index in [4.69, 9.17) is 0 Å². The molecule has 0 radical (unpaired) electrons. The van der Waals surface area contributed by atoms with Crippen LogP contribution in [0, 0.1) is 6.92 Å². The van der Waals surface area contributed by atoms with Gasteiger partial charge in [-0.2, -0.15) is 0 Å². The van der Waals surface area contributed by atoms with E-state index in [0.29, 0.717) is 11.1 Å². The van der Waals surface area contributed by atoms with E-state index in [2.05, 4.69) is 15.5 Å². The Hall–Kier alpha value is -3.60. The number of amides is 2. The van der Waals surface area contributed by atoms with E-state index in [1.165, 1.54) is 0 Å². The fourth-order valence-electron chi connectivity index (χ4n) is 4.36. The molecule has 1 atom stereocenters. The summed E-state index contributed by atoms with van der Waals surface area (Å²) in [6, 6.07) is 25.5. The molecule has 0 saturated carbocycles. The quantitative estimate of drug-likeness (QED) is 0.573. The number of para-hydroxylation sites is 1. The van der Waals surface area contributed by atoms with Gasteiger partial charge in [0.25, 0.3) is 11.8 Å². The van der Waals surface area contributed by atoms with E-state index in [-0.39, 0.29) is 23.9 Å². The summed E-state index contributed by atoms with van der Waals surface area (Å²) in [6.45, 7) is 5.57. The van der Waals surface area contributed by atoms with Gasteiger partial charge in [0.2, 0.25) is 0 Å². The molecule has 5 nitrogen and oxygen atoms in total. The zero-order valence-electron chi connectivity index (χ0n) is 19.3. The number of nitrogens with one attached hydrogen (secondary N) is 2. The molecule has 0 spiro atoms. The van der Waals surface area contributed by atoms with Gasteiger partial charge in [-0.25, -0.2) is 0 Å². The Bertz CT molecular complexity index is 1100. The molecule has 0 unspecified atom stereocenters. The van der Waals surface area contributed by atoms with Crippen molar-refractivity contribution >= 4 is 17.5 Å². The third-order valence-corrected chi connectivity index (χ3v) is 6.25. The largest absolute Gasteiger partial charge is 0.371 e. The molecule has 1 aliphatic rings. The number of aryl methyl sites for hydroxylation is 1. The van der Waals surface area contributed by atoms with Crippen molar-refractivity contribution in [1.29, 1.82) is 0 Å². The maximum absolute atomic E-state index is 13.1. The van der Waals surface area contributed by atoms with E-state index in [1.54, 1.807) is 0 Å². The first kappa shape index (κ1) is 22.6. The average molecular weight is 442 g/mol. The Morgan fingerprint density at radius 3 is 2.30 bits per heavy atom. The van der Waals surface area contributed by atoms with Crippen molar-refractivity contribution in [1.82, 2.24) is 10.6 Å². The number of carbonyl (C=O) groups excluding carboxylic acids is 2. The highest BCUT2D eigenvalue weighted by molar-refractivity contribution is 6.00. The van der Waals surface area contributed by atoms with Crippen molar-refractivity contribution in [3.63, 3.8) is 0 Å². The number of hydrogen-bond acceptors (Lipinski definition) is 3. The minimum absolute atomic E-state index is 0.0215. The third kappa shape index (κ3) is 5.61. The molecule has 0 bridgehead atoms. The predicted octanol–water partition coefficient (Wildman–Crippen LogP) is 4.88. The Morgan fingerprint density at radius 2 is 1.58 bits per heavy atom. The molecule has 3 aromatic rings. The normalized spacial score (nSPS) is 15.0. The molecule has 0 aromatic heterocycles. The summed E-state index contributed by atoms with van der Waals surface area (Å²) >= 11 is 0. The highest BCUT2D eigenvalue weighted by atomic mass is 16.2. The van der Waals surface area contributed by atoms with Crippen LogP contribution in [0.25, 0.3) is 0 Å². The first-order chi connectivity index (χ1) is 16.0. The Labute approximate surface area is 195 Å². The van der Waals surface area contributed by atoms with Crippen molar-refractivity contribution in [2.24, 2.45) is 0 Å². The van der Waals surface area contributed by atoms with Crippen LogP contribution in [-0.2, 0) is 0 Å². The monoisotopic (exact) mass is 441 g/mol. The minimum Gasteiger partial charge on any atom is -0.371 e. The van der Waals surface area contributed by atoms with Gasteiger partial charge in [0.05, 0.1) is 11.6 Å². The second-order valence-corrected chi connectivity index (χ2v) is 8.73. The third-order valence-electron chi connectivity index (χ3n) is 6.25. The summed E-state index contributed by atoms with van der Waals surface area (Å²) in [7, 11) is 0. The van der Waals surface area contributed by atoms with E-state index in [0.717, 1.165) is 42.7 Å². The highest BCUT2D eigenvalue weighted by Crippen LogP contribution is 2.25. The van der Waals surface area contributed by atoms with Gasteiger partial charge < -0.3 is 15.5 Å². The molecule has 1 heterocycles. The number of rotatable bonds is 6. The topological polar surface area (TPSA) is 61.4 Å². The number of nitrogens with zero attached hydrogens (tertiary/aromatic N) is 1. The Kier molecular flexibility index (Phi) is 7.08. The van der Waals surface area contributed by atoms with Gasteiger partial charge >= 0.3 is 0 Å². The van der Waals surface area contributed by atoms with Gasteiger partial charge in [-0.3, -0.25) is 9.59 Å². The van der Waals surface area contributed by atoms with Crippen LogP contribution in [0.2, 0.25) is 0 Å². The maximum atomic E-state index is 13.1. The van der Waals surface area contributed by atoms with Crippen LogP contribution in [0.1, 0.15) is 57.7 Å². The fourth-order valence-corrected chi connectivity index (χ4v) is 4.36. The molecular formula is C28H31N3O2. The zero-order chi connectivity index (χ0) is 23.2. The van der Waals surface area contributed by atoms with Crippen LogP contribution in [0.15, 0.2) is 78.9 Å². The van der Waals surface area contributed by atoms with Gasteiger partial charge in [0, 0.05) is 30.4 Å². The summed E-state index contributed by atoms with van der Waals surface area (Å²) in [4.78, 5) is 27.9. The molecule has 0 aliphatic carbocycles. The van der Waals surface area contributed by atoms with Crippen molar-refractivity contribution < 1.29 is 9.59 Å². The van der Waals surface area contributed by atoms with Crippen LogP contribution in [0.3, 0.4) is 0 Å². The number of piperidine rings is 1. The lowest BCUT2D eigenvalue weighted by atomic mass is 10.0. The molecule has 5 heteroatoms. The van der Waals surface area contributed by atoms with Crippen LogP contribution in [0.5, 0.6) is 0 Å². The van der Waals surface area contributed by atoms with Crippen molar-refractivity contribution in [2.75, 3.05) is 18.0 Å². The highest BCUT2D eigenvalue weighted by Gasteiger charge is 2.24. The first-order valence-electron chi connectivity index (χ1n) is 11.6. The molecule has 2 N–H and O–H groups in total. The molecule has 3 aromatic carbocycles. The second kappa shape index (κ2) is 10.3. The first-order valence-corrected chi connectivity index (χ1v) is 11.6. The zero-order valence-corrected chi connectivity index (χ0v) is 19.3. The lowest BCUT2D eigenvalue weighted by Gasteiger charge is -2.35. The molecule has 170 valence electrons. The Morgan fingerprint density at radius 1 is 0.879 bits per heavy atom. The molecule has 1 aliphatic heterocycles. The van der Waals surface area contributed by atoms with Gasteiger partial charge in [-0.15, -0.1) is 0 Å². The lowest BCUT2D eigenvalue weighted by Crippen LogP contribution is -2.45. The summed E-state index contributed by atoms with van der Waals surface area (Å²) in [5, 5.41) is 6.30. The van der Waals surface area contributed by atoms with E-state index in [1.807, 2.05) is 92.7 Å². The van der Waals surface area contributed by atoms with Gasteiger partial charge in [-0.05, 0) is 56.5 Å². The van der Waals surface area contributed by atoms with Gasteiger partial charge in [0.1, 0.15) is 0 Å². The predicted molar refractivity (Wildman–Crippen MR) is 133 cm³/mol. The van der Waals surface area contributed by atoms with E-state index < -0.39 is 0 Å². The molecular weight excluding hydrogens is 410 g/mol. The minimum atomic E-state index is -0.0747. The fraction of sp³-hybridized carbons (Fsp3) is 0.286. The number of hydrogen-bond donors (Lipinski definition) is 2.